The molecule has 3 saturated carbocycles. The molecular formula is C26H45NO. The fraction of sp³-hybridized carbons (Fsp3) is 0.923. The molecule has 0 saturated heterocycles. The number of hydrogen-bond acceptors (Lipinski definition) is 2. The van der Waals surface area contributed by atoms with Crippen LogP contribution in [0.15, 0.2) is 11.6 Å². The Bertz CT molecular complexity index is 595. The first-order valence-corrected chi connectivity index (χ1v) is 12.3. The van der Waals surface area contributed by atoms with Gasteiger partial charge in [0.25, 0.3) is 0 Å². The maximum absolute atomic E-state index is 10.1. The molecule has 3 unspecified atom stereocenters. The molecule has 0 aromatic rings. The third-order valence-electron chi connectivity index (χ3n) is 10.1. The van der Waals surface area contributed by atoms with Crippen molar-refractivity contribution in [3.8, 4) is 0 Å². The van der Waals surface area contributed by atoms with E-state index in [1.54, 1.807) is 5.57 Å². The molecule has 8 atom stereocenters. The summed E-state index contributed by atoms with van der Waals surface area (Å²) in [5.74, 6) is 5.36. The summed E-state index contributed by atoms with van der Waals surface area (Å²) in [4.78, 5) is 0. The zero-order chi connectivity index (χ0) is 20.1. The number of hydrogen-bond donors (Lipinski definition) is 2. The first kappa shape index (κ1) is 20.9. The molecule has 4 aliphatic rings. The summed E-state index contributed by atoms with van der Waals surface area (Å²) in [5, 5.41) is 13.6. The van der Waals surface area contributed by atoms with Crippen LogP contribution < -0.4 is 5.32 Å². The Kier molecular flexibility index (Phi) is 5.77. The summed E-state index contributed by atoms with van der Waals surface area (Å²) in [6.45, 7) is 9.92. The van der Waals surface area contributed by atoms with Gasteiger partial charge in [0.15, 0.2) is 0 Å². The van der Waals surface area contributed by atoms with Crippen LogP contribution in [0.3, 0.4) is 0 Å². The molecule has 0 aromatic heterocycles. The smallest absolute Gasteiger partial charge is 0.0577 e. The zero-order valence-corrected chi connectivity index (χ0v) is 19.1. The van der Waals surface area contributed by atoms with Crippen molar-refractivity contribution in [2.75, 3.05) is 7.05 Å². The average Bonchev–Trinajstić information content (AvgIpc) is 3.03. The minimum absolute atomic E-state index is 0.0634. The molecule has 0 bridgehead atoms. The van der Waals surface area contributed by atoms with Gasteiger partial charge in [0.1, 0.15) is 0 Å². The molecule has 0 radical (unpaired) electrons. The number of aliphatic hydroxyl groups is 1. The highest BCUT2D eigenvalue weighted by molar-refractivity contribution is 5.20. The van der Waals surface area contributed by atoms with Gasteiger partial charge >= 0.3 is 0 Å². The lowest BCUT2D eigenvalue weighted by Gasteiger charge is -2.54. The standard InChI is InChI=1S/C26H45NO/c1-17(12-14-25(2,3)27-5)23-10-11-24-22-8-6-18-16-19(28)7-9-20(18)21(22)13-15-26(23,24)4/h6,17,19-24,27-28H,7-16H2,1-5H3/t17-,19+,20+,21?,22?,23-,24?,26-/m1/s1. The molecule has 28 heavy (non-hydrogen) atoms. The highest BCUT2D eigenvalue weighted by atomic mass is 16.3. The van der Waals surface area contributed by atoms with E-state index in [0.29, 0.717) is 5.41 Å². The second-order valence-corrected chi connectivity index (χ2v) is 11.9. The third-order valence-corrected chi connectivity index (χ3v) is 10.1. The zero-order valence-electron chi connectivity index (χ0n) is 19.1. The van der Waals surface area contributed by atoms with Crippen molar-refractivity contribution in [3.63, 3.8) is 0 Å². The van der Waals surface area contributed by atoms with E-state index in [1.165, 1.54) is 51.4 Å². The fourth-order valence-electron chi connectivity index (χ4n) is 8.14. The minimum Gasteiger partial charge on any atom is -0.393 e. The van der Waals surface area contributed by atoms with Gasteiger partial charge in [-0.3, -0.25) is 0 Å². The lowest BCUT2D eigenvalue weighted by Crippen LogP contribution is -2.47. The van der Waals surface area contributed by atoms with Gasteiger partial charge in [-0.1, -0.05) is 25.5 Å². The van der Waals surface area contributed by atoms with Crippen LogP contribution in [-0.2, 0) is 0 Å². The molecule has 2 N–H and O–H groups in total. The third kappa shape index (κ3) is 3.62. The predicted octanol–water partition coefficient (Wildman–Crippen LogP) is 5.95. The number of rotatable bonds is 5. The lowest BCUT2D eigenvalue weighted by atomic mass is 9.51. The van der Waals surface area contributed by atoms with Crippen LogP contribution in [0.5, 0.6) is 0 Å². The van der Waals surface area contributed by atoms with E-state index in [0.717, 1.165) is 48.3 Å². The summed E-state index contributed by atoms with van der Waals surface area (Å²) in [6.07, 6.45) is 15.5. The van der Waals surface area contributed by atoms with Crippen molar-refractivity contribution in [1.82, 2.24) is 5.32 Å². The highest BCUT2D eigenvalue weighted by Crippen LogP contribution is 2.64. The quantitative estimate of drug-likeness (QED) is 0.571. The Balaban J connectivity index is 1.46. The minimum atomic E-state index is -0.0634. The Hall–Kier alpha value is -0.340. The normalized spacial score (nSPS) is 44.3. The van der Waals surface area contributed by atoms with Crippen LogP contribution in [0.25, 0.3) is 0 Å². The van der Waals surface area contributed by atoms with Crippen molar-refractivity contribution in [2.24, 2.45) is 40.9 Å². The second kappa shape index (κ2) is 7.73. The maximum atomic E-state index is 10.1. The second-order valence-electron chi connectivity index (χ2n) is 11.9. The summed E-state index contributed by atoms with van der Waals surface area (Å²) < 4.78 is 0. The molecule has 4 aliphatic carbocycles. The number of aliphatic hydroxyl groups excluding tert-OH is 1. The average molecular weight is 388 g/mol. The van der Waals surface area contributed by atoms with Gasteiger partial charge in [-0.2, -0.15) is 0 Å². The molecular weight excluding hydrogens is 342 g/mol. The van der Waals surface area contributed by atoms with Crippen molar-refractivity contribution in [1.29, 1.82) is 0 Å². The lowest BCUT2D eigenvalue weighted by molar-refractivity contribution is -0.0298. The molecule has 3 fully saturated rings. The van der Waals surface area contributed by atoms with Gasteiger partial charge in [0.2, 0.25) is 0 Å². The fourth-order valence-corrected chi connectivity index (χ4v) is 8.14. The van der Waals surface area contributed by atoms with E-state index in [-0.39, 0.29) is 11.6 Å². The van der Waals surface area contributed by atoms with Crippen LogP contribution in [0.1, 0.15) is 91.9 Å². The molecule has 4 rings (SSSR count). The van der Waals surface area contributed by atoms with Crippen LogP contribution in [0.2, 0.25) is 0 Å². The number of allylic oxidation sites excluding steroid dienone is 1. The highest BCUT2D eigenvalue weighted by Gasteiger charge is 2.56. The van der Waals surface area contributed by atoms with E-state index in [1.807, 2.05) is 0 Å². The summed E-state index contributed by atoms with van der Waals surface area (Å²) >= 11 is 0. The van der Waals surface area contributed by atoms with Crippen molar-refractivity contribution < 1.29 is 5.11 Å². The number of fused-ring (bicyclic) bond motifs is 5. The van der Waals surface area contributed by atoms with Gasteiger partial charge in [-0.05, 0) is 126 Å². The number of nitrogens with one attached hydrogen (secondary N) is 1. The van der Waals surface area contributed by atoms with E-state index in [2.05, 4.69) is 46.1 Å². The SMILES string of the molecule is CNC(C)(C)CC[C@@H](C)[C@H]1CCC2C3CC=C4C[C@@H](O)CC[C@@H]4C3CC[C@@]21C. The van der Waals surface area contributed by atoms with E-state index >= 15 is 0 Å². The van der Waals surface area contributed by atoms with Gasteiger partial charge < -0.3 is 10.4 Å². The van der Waals surface area contributed by atoms with Crippen molar-refractivity contribution in [2.45, 2.75) is 104 Å². The van der Waals surface area contributed by atoms with Crippen molar-refractivity contribution >= 4 is 0 Å². The Morgan fingerprint density at radius 1 is 1.18 bits per heavy atom. The summed E-state index contributed by atoms with van der Waals surface area (Å²) in [6, 6.07) is 0. The molecule has 2 heteroatoms. The van der Waals surface area contributed by atoms with Gasteiger partial charge in [-0.15, -0.1) is 0 Å². The van der Waals surface area contributed by atoms with Gasteiger partial charge in [0, 0.05) is 5.54 Å². The molecule has 160 valence electrons. The monoisotopic (exact) mass is 387 g/mol. The molecule has 0 heterocycles. The molecule has 0 amide bonds. The Labute approximate surface area is 173 Å². The first-order valence-electron chi connectivity index (χ1n) is 12.3. The topological polar surface area (TPSA) is 32.3 Å². The summed E-state index contributed by atoms with van der Waals surface area (Å²) in [5.41, 5.74) is 2.46. The molecule has 0 aromatic carbocycles. The van der Waals surface area contributed by atoms with Crippen LogP contribution >= 0.6 is 0 Å². The van der Waals surface area contributed by atoms with E-state index < -0.39 is 0 Å². The van der Waals surface area contributed by atoms with Gasteiger partial charge in [0.05, 0.1) is 6.10 Å². The Morgan fingerprint density at radius 2 is 1.96 bits per heavy atom. The van der Waals surface area contributed by atoms with Crippen LogP contribution in [0, 0.1) is 40.9 Å². The largest absolute Gasteiger partial charge is 0.393 e. The van der Waals surface area contributed by atoms with Crippen LogP contribution in [0.4, 0.5) is 0 Å². The van der Waals surface area contributed by atoms with Crippen LogP contribution in [-0.4, -0.2) is 23.8 Å². The Morgan fingerprint density at radius 3 is 2.71 bits per heavy atom. The van der Waals surface area contributed by atoms with Crippen molar-refractivity contribution in [3.05, 3.63) is 11.6 Å². The van der Waals surface area contributed by atoms with E-state index in [9.17, 15) is 5.11 Å². The molecule has 2 nitrogen and oxygen atoms in total. The first-order chi connectivity index (χ1) is 13.2. The molecule has 0 aliphatic heterocycles. The maximum Gasteiger partial charge on any atom is 0.0577 e. The van der Waals surface area contributed by atoms with Gasteiger partial charge in [-0.25, -0.2) is 0 Å². The van der Waals surface area contributed by atoms with E-state index in [4.69, 9.17) is 0 Å². The molecule has 0 spiro atoms. The predicted molar refractivity (Wildman–Crippen MR) is 118 cm³/mol. The summed E-state index contributed by atoms with van der Waals surface area (Å²) in [7, 11) is 2.11.